The first-order valence-electron chi connectivity index (χ1n) is 5.34. The van der Waals surface area contributed by atoms with Gasteiger partial charge in [-0.3, -0.25) is 4.79 Å². The van der Waals surface area contributed by atoms with Crippen LogP contribution < -0.4 is 11.1 Å². The third-order valence-electron chi connectivity index (χ3n) is 2.36. The van der Waals surface area contributed by atoms with Crippen LogP contribution in [0.15, 0.2) is 0 Å². The lowest BCUT2D eigenvalue weighted by Gasteiger charge is -2.27. The van der Waals surface area contributed by atoms with E-state index < -0.39 is 6.04 Å². The van der Waals surface area contributed by atoms with E-state index in [2.05, 4.69) is 5.32 Å². The first-order chi connectivity index (χ1) is 6.79. The van der Waals surface area contributed by atoms with Gasteiger partial charge in [-0.05, 0) is 18.8 Å². The molecule has 0 fully saturated rings. The second-order valence-electron chi connectivity index (χ2n) is 5.03. The molecule has 0 aliphatic heterocycles. The summed E-state index contributed by atoms with van der Waals surface area (Å²) in [5.74, 6) is -0.0916. The van der Waals surface area contributed by atoms with Gasteiger partial charge in [0.1, 0.15) is 0 Å². The number of carbonyl (C=O) groups is 1. The molecule has 0 aliphatic rings. The van der Waals surface area contributed by atoms with Crippen molar-refractivity contribution in [2.75, 3.05) is 13.7 Å². The predicted octanol–water partition coefficient (Wildman–Crippen LogP) is 0.901. The van der Waals surface area contributed by atoms with Gasteiger partial charge >= 0.3 is 0 Å². The molecule has 0 aliphatic carbocycles. The Hall–Kier alpha value is -0.610. The van der Waals surface area contributed by atoms with Crippen LogP contribution in [0, 0.1) is 5.41 Å². The molecule has 0 saturated heterocycles. The van der Waals surface area contributed by atoms with Crippen molar-refractivity contribution >= 4 is 5.91 Å². The van der Waals surface area contributed by atoms with Crippen molar-refractivity contribution in [1.82, 2.24) is 5.32 Å². The molecule has 4 nitrogen and oxygen atoms in total. The first-order valence-corrected chi connectivity index (χ1v) is 5.34. The van der Waals surface area contributed by atoms with Crippen molar-refractivity contribution in [2.24, 2.45) is 11.1 Å². The van der Waals surface area contributed by atoms with Crippen molar-refractivity contribution < 1.29 is 9.53 Å². The first kappa shape index (κ1) is 14.4. The Morgan fingerprint density at radius 3 is 2.40 bits per heavy atom. The van der Waals surface area contributed by atoms with Crippen LogP contribution in [0.25, 0.3) is 0 Å². The quantitative estimate of drug-likeness (QED) is 0.717. The zero-order chi connectivity index (χ0) is 12.1. The average Bonchev–Trinajstić information content (AvgIpc) is 2.11. The Bertz CT molecular complexity index is 199. The van der Waals surface area contributed by atoms with Crippen molar-refractivity contribution in [1.29, 1.82) is 0 Å². The normalized spacial score (nSPS) is 15.9. The Morgan fingerprint density at radius 2 is 2.00 bits per heavy atom. The molecule has 1 amide bonds. The monoisotopic (exact) mass is 216 g/mol. The summed E-state index contributed by atoms with van der Waals surface area (Å²) in [6.07, 6.45) is 0.805. The summed E-state index contributed by atoms with van der Waals surface area (Å²) in [7, 11) is 1.65. The molecule has 0 bridgehead atoms. The van der Waals surface area contributed by atoms with Gasteiger partial charge in [0.05, 0.1) is 6.04 Å². The van der Waals surface area contributed by atoms with E-state index in [1.54, 1.807) is 7.11 Å². The summed E-state index contributed by atoms with van der Waals surface area (Å²) in [4.78, 5) is 11.7. The van der Waals surface area contributed by atoms with Gasteiger partial charge in [0.15, 0.2) is 0 Å². The SMILES string of the molecule is COCCC(C)NC(=O)[C@H](N)C(C)(C)C. The lowest BCUT2D eigenvalue weighted by molar-refractivity contribution is -0.125. The minimum atomic E-state index is -0.470. The summed E-state index contributed by atoms with van der Waals surface area (Å²) >= 11 is 0. The van der Waals surface area contributed by atoms with E-state index in [1.807, 2.05) is 27.7 Å². The fraction of sp³-hybridized carbons (Fsp3) is 0.909. The molecule has 4 heteroatoms. The van der Waals surface area contributed by atoms with E-state index in [-0.39, 0.29) is 17.4 Å². The summed E-state index contributed by atoms with van der Waals surface area (Å²) < 4.78 is 4.94. The molecule has 0 heterocycles. The van der Waals surface area contributed by atoms with Crippen LogP contribution in [0.2, 0.25) is 0 Å². The number of hydrogen-bond acceptors (Lipinski definition) is 3. The van der Waals surface area contributed by atoms with Crippen LogP contribution in [0.3, 0.4) is 0 Å². The van der Waals surface area contributed by atoms with Crippen LogP contribution in [0.4, 0.5) is 0 Å². The van der Waals surface area contributed by atoms with Crippen molar-refractivity contribution in [3.63, 3.8) is 0 Å². The number of amides is 1. The molecule has 0 radical (unpaired) electrons. The maximum atomic E-state index is 11.7. The van der Waals surface area contributed by atoms with Gasteiger partial charge in [0.2, 0.25) is 5.91 Å². The summed E-state index contributed by atoms with van der Waals surface area (Å²) in [6.45, 7) is 8.46. The Labute approximate surface area is 92.6 Å². The summed E-state index contributed by atoms with van der Waals surface area (Å²) in [5, 5.41) is 2.88. The van der Waals surface area contributed by atoms with Gasteiger partial charge in [-0.15, -0.1) is 0 Å². The minimum Gasteiger partial charge on any atom is -0.385 e. The number of ether oxygens (including phenoxy) is 1. The second-order valence-corrected chi connectivity index (χ2v) is 5.03. The maximum Gasteiger partial charge on any atom is 0.237 e. The number of carbonyl (C=O) groups excluding carboxylic acids is 1. The number of methoxy groups -OCH3 is 1. The van der Waals surface area contributed by atoms with E-state index in [1.165, 1.54) is 0 Å². The smallest absolute Gasteiger partial charge is 0.237 e. The van der Waals surface area contributed by atoms with Crippen molar-refractivity contribution in [3.05, 3.63) is 0 Å². The van der Waals surface area contributed by atoms with Crippen LogP contribution in [0.5, 0.6) is 0 Å². The largest absolute Gasteiger partial charge is 0.385 e. The number of rotatable bonds is 5. The molecule has 2 atom stereocenters. The summed E-state index contributed by atoms with van der Waals surface area (Å²) in [5.41, 5.74) is 5.62. The number of nitrogens with two attached hydrogens (primary N) is 1. The van der Waals surface area contributed by atoms with Crippen LogP contribution in [-0.2, 0) is 9.53 Å². The van der Waals surface area contributed by atoms with Gasteiger partial charge in [0.25, 0.3) is 0 Å². The fourth-order valence-corrected chi connectivity index (χ4v) is 1.09. The topological polar surface area (TPSA) is 64.3 Å². The van der Waals surface area contributed by atoms with E-state index in [4.69, 9.17) is 10.5 Å². The fourth-order valence-electron chi connectivity index (χ4n) is 1.09. The van der Waals surface area contributed by atoms with Gasteiger partial charge in [-0.1, -0.05) is 20.8 Å². The van der Waals surface area contributed by atoms with Gasteiger partial charge < -0.3 is 15.8 Å². The standard InChI is InChI=1S/C11H24N2O2/c1-8(6-7-15-5)13-10(14)9(12)11(2,3)4/h8-9H,6-7,12H2,1-5H3,(H,13,14)/t8?,9-/m0/s1. The molecule has 90 valence electrons. The van der Waals surface area contributed by atoms with E-state index in [0.717, 1.165) is 6.42 Å². The number of nitrogens with one attached hydrogen (secondary N) is 1. The Morgan fingerprint density at radius 1 is 1.47 bits per heavy atom. The summed E-state index contributed by atoms with van der Waals surface area (Å²) in [6, 6.07) is -0.367. The molecule has 3 N–H and O–H groups in total. The maximum absolute atomic E-state index is 11.7. The third kappa shape index (κ3) is 5.74. The molecular formula is C11H24N2O2. The second kappa shape index (κ2) is 6.08. The van der Waals surface area contributed by atoms with Crippen LogP contribution in [0.1, 0.15) is 34.1 Å². The van der Waals surface area contributed by atoms with E-state index in [0.29, 0.717) is 6.61 Å². The molecule has 0 rings (SSSR count). The zero-order valence-corrected chi connectivity index (χ0v) is 10.5. The van der Waals surface area contributed by atoms with Crippen molar-refractivity contribution in [3.8, 4) is 0 Å². The highest BCUT2D eigenvalue weighted by atomic mass is 16.5. The highest BCUT2D eigenvalue weighted by Gasteiger charge is 2.27. The molecule has 0 aromatic rings. The highest BCUT2D eigenvalue weighted by Crippen LogP contribution is 2.17. The lowest BCUT2D eigenvalue weighted by atomic mass is 9.87. The Balaban J connectivity index is 4.02. The molecule has 0 aromatic heterocycles. The third-order valence-corrected chi connectivity index (χ3v) is 2.36. The molecule has 0 saturated carbocycles. The van der Waals surface area contributed by atoms with E-state index in [9.17, 15) is 4.79 Å². The number of hydrogen-bond donors (Lipinski definition) is 2. The van der Waals surface area contributed by atoms with Crippen LogP contribution in [-0.4, -0.2) is 31.7 Å². The molecular weight excluding hydrogens is 192 g/mol. The zero-order valence-electron chi connectivity index (χ0n) is 10.5. The molecule has 0 aromatic carbocycles. The molecule has 15 heavy (non-hydrogen) atoms. The Kier molecular flexibility index (Phi) is 5.83. The molecule has 1 unspecified atom stereocenters. The predicted molar refractivity (Wildman–Crippen MR) is 61.5 cm³/mol. The van der Waals surface area contributed by atoms with Gasteiger partial charge in [-0.2, -0.15) is 0 Å². The van der Waals surface area contributed by atoms with Gasteiger partial charge in [0, 0.05) is 19.8 Å². The van der Waals surface area contributed by atoms with Crippen LogP contribution >= 0.6 is 0 Å². The average molecular weight is 216 g/mol. The highest BCUT2D eigenvalue weighted by molar-refractivity contribution is 5.82. The van der Waals surface area contributed by atoms with Crippen molar-refractivity contribution in [2.45, 2.75) is 46.2 Å². The van der Waals surface area contributed by atoms with Gasteiger partial charge in [-0.25, -0.2) is 0 Å². The lowest BCUT2D eigenvalue weighted by Crippen LogP contribution is -2.50. The van der Waals surface area contributed by atoms with E-state index >= 15 is 0 Å². The molecule has 0 spiro atoms. The minimum absolute atomic E-state index is 0.0916.